The van der Waals surface area contributed by atoms with E-state index in [2.05, 4.69) is 0 Å². The molecule has 3 rings (SSSR count). The Labute approximate surface area is 129 Å². The summed E-state index contributed by atoms with van der Waals surface area (Å²) in [5.41, 5.74) is 1.62. The molecule has 2 saturated heterocycles. The number of amides is 2. The maximum Gasteiger partial charge on any atom is 0.414 e. The molecule has 2 aliphatic rings. The molecule has 118 valence electrons. The maximum atomic E-state index is 12.0. The van der Waals surface area contributed by atoms with E-state index in [4.69, 9.17) is 9.47 Å². The van der Waals surface area contributed by atoms with Crippen LogP contribution in [0.4, 0.5) is 16.2 Å². The number of nitrogens with zero attached hydrogens (tertiary/aromatic N) is 2. The summed E-state index contributed by atoms with van der Waals surface area (Å²) in [5, 5.41) is 0. The van der Waals surface area contributed by atoms with Gasteiger partial charge in [-0.2, -0.15) is 0 Å². The highest BCUT2D eigenvalue weighted by molar-refractivity contribution is 5.95. The first-order valence-electron chi connectivity index (χ1n) is 7.65. The highest BCUT2D eigenvalue weighted by Crippen LogP contribution is 2.25. The largest absolute Gasteiger partial charge is 0.446 e. The fourth-order valence-corrected chi connectivity index (χ4v) is 2.76. The summed E-state index contributed by atoms with van der Waals surface area (Å²) in [5.74, 6) is -0.0397. The molecule has 0 saturated carbocycles. The van der Waals surface area contributed by atoms with Gasteiger partial charge >= 0.3 is 6.09 Å². The molecular weight excluding hydrogens is 284 g/mol. The van der Waals surface area contributed by atoms with Crippen LogP contribution in [0.2, 0.25) is 0 Å². The van der Waals surface area contributed by atoms with Crippen LogP contribution in [0.25, 0.3) is 0 Å². The molecule has 1 atom stereocenters. The van der Waals surface area contributed by atoms with E-state index in [9.17, 15) is 9.59 Å². The van der Waals surface area contributed by atoms with Crippen molar-refractivity contribution in [1.82, 2.24) is 0 Å². The molecule has 2 fully saturated rings. The Bertz CT molecular complexity index is 558. The van der Waals surface area contributed by atoms with Gasteiger partial charge in [-0.25, -0.2) is 4.79 Å². The monoisotopic (exact) mass is 304 g/mol. The second kappa shape index (κ2) is 6.36. The van der Waals surface area contributed by atoms with E-state index in [1.165, 1.54) is 0 Å². The zero-order valence-electron chi connectivity index (χ0n) is 12.7. The van der Waals surface area contributed by atoms with Crippen LogP contribution in [0.5, 0.6) is 0 Å². The molecule has 0 unspecified atom stereocenters. The Hall–Kier alpha value is -2.08. The molecule has 0 radical (unpaired) electrons. The predicted molar refractivity (Wildman–Crippen MR) is 82.1 cm³/mol. The first-order chi connectivity index (χ1) is 10.7. The van der Waals surface area contributed by atoms with E-state index < -0.39 is 0 Å². The minimum Gasteiger partial charge on any atom is -0.446 e. The van der Waals surface area contributed by atoms with Crippen molar-refractivity contribution in [2.24, 2.45) is 0 Å². The van der Waals surface area contributed by atoms with Gasteiger partial charge in [-0.1, -0.05) is 6.92 Å². The quantitative estimate of drug-likeness (QED) is 0.859. The summed E-state index contributed by atoms with van der Waals surface area (Å²) in [6.07, 6.45) is 1.41. The molecule has 6 nitrogen and oxygen atoms in total. The van der Waals surface area contributed by atoms with Crippen LogP contribution in [-0.4, -0.2) is 44.4 Å². The summed E-state index contributed by atoms with van der Waals surface area (Å²) < 4.78 is 10.5. The molecule has 1 aromatic carbocycles. The van der Waals surface area contributed by atoms with Crippen LogP contribution in [0.15, 0.2) is 24.3 Å². The summed E-state index contributed by atoms with van der Waals surface area (Å²) >= 11 is 0. The lowest BCUT2D eigenvalue weighted by molar-refractivity contribution is -0.125. The van der Waals surface area contributed by atoms with Crippen molar-refractivity contribution in [3.63, 3.8) is 0 Å². The standard InChI is InChI=1S/C16H20N2O4/c1-2-14-7-8-18(16(20)22-14)13-5-3-12(4-6-13)17-9-10-21-11-15(17)19/h3-6,14H,2,7-11H2,1H3/t14-/m0/s1. The van der Waals surface area contributed by atoms with E-state index in [1.54, 1.807) is 9.80 Å². The van der Waals surface area contributed by atoms with Crippen molar-refractivity contribution in [2.45, 2.75) is 25.9 Å². The van der Waals surface area contributed by atoms with Gasteiger partial charge in [-0.15, -0.1) is 0 Å². The Kier molecular flexibility index (Phi) is 4.29. The average Bonchev–Trinajstić information content (AvgIpc) is 2.55. The molecule has 0 N–H and O–H groups in total. The zero-order valence-corrected chi connectivity index (χ0v) is 12.7. The molecule has 0 aliphatic carbocycles. The summed E-state index contributed by atoms with van der Waals surface area (Å²) in [4.78, 5) is 27.2. The Balaban J connectivity index is 1.71. The Morgan fingerprint density at radius 3 is 2.36 bits per heavy atom. The van der Waals surface area contributed by atoms with Crippen molar-refractivity contribution in [3.8, 4) is 0 Å². The van der Waals surface area contributed by atoms with Crippen LogP contribution in [-0.2, 0) is 14.3 Å². The lowest BCUT2D eigenvalue weighted by Crippen LogP contribution is -2.42. The molecule has 2 amide bonds. The topological polar surface area (TPSA) is 59.1 Å². The molecule has 22 heavy (non-hydrogen) atoms. The normalized spacial score (nSPS) is 22.7. The van der Waals surface area contributed by atoms with Crippen molar-refractivity contribution >= 4 is 23.4 Å². The predicted octanol–water partition coefficient (Wildman–Crippen LogP) is 2.18. The first kappa shape index (κ1) is 14.8. The van der Waals surface area contributed by atoms with Gasteiger partial charge in [0.25, 0.3) is 5.91 Å². The summed E-state index contributed by atoms with van der Waals surface area (Å²) in [7, 11) is 0. The van der Waals surface area contributed by atoms with Gasteiger partial charge in [0.2, 0.25) is 0 Å². The maximum absolute atomic E-state index is 12.0. The molecule has 0 bridgehead atoms. The number of carbonyl (C=O) groups excluding carboxylic acids is 2. The minimum atomic E-state index is -0.298. The first-order valence-corrected chi connectivity index (χ1v) is 7.65. The van der Waals surface area contributed by atoms with E-state index in [0.717, 1.165) is 24.2 Å². The van der Waals surface area contributed by atoms with E-state index in [1.807, 2.05) is 31.2 Å². The lowest BCUT2D eigenvalue weighted by atomic mass is 10.1. The van der Waals surface area contributed by atoms with Crippen LogP contribution in [0.3, 0.4) is 0 Å². The molecule has 6 heteroatoms. The van der Waals surface area contributed by atoms with Crippen molar-refractivity contribution in [3.05, 3.63) is 24.3 Å². The van der Waals surface area contributed by atoms with Crippen molar-refractivity contribution < 1.29 is 19.1 Å². The SMILES string of the molecule is CC[C@H]1CCN(c2ccc(N3CCOCC3=O)cc2)C(=O)O1. The fourth-order valence-electron chi connectivity index (χ4n) is 2.76. The number of hydrogen-bond donors (Lipinski definition) is 0. The number of rotatable bonds is 3. The van der Waals surface area contributed by atoms with E-state index in [0.29, 0.717) is 19.7 Å². The third kappa shape index (κ3) is 2.92. The number of hydrogen-bond acceptors (Lipinski definition) is 4. The lowest BCUT2D eigenvalue weighted by Gasteiger charge is -2.32. The number of benzene rings is 1. The molecule has 0 aromatic heterocycles. The van der Waals surface area contributed by atoms with Gasteiger partial charge in [-0.3, -0.25) is 9.69 Å². The van der Waals surface area contributed by atoms with E-state index >= 15 is 0 Å². The second-order valence-corrected chi connectivity index (χ2v) is 5.47. The fraction of sp³-hybridized carbons (Fsp3) is 0.500. The summed E-state index contributed by atoms with van der Waals surface area (Å²) in [6.45, 7) is 3.90. The molecule has 2 heterocycles. The summed E-state index contributed by atoms with van der Waals surface area (Å²) in [6, 6.07) is 7.42. The number of ether oxygens (including phenoxy) is 2. The Morgan fingerprint density at radius 2 is 1.77 bits per heavy atom. The van der Waals surface area contributed by atoms with Gasteiger partial charge < -0.3 is 14.4 Å². The second-order valence-electron chi connectivity index (χ2n) is 5.47. The number of anilines is 2. The number of morpholine rings is 1. The van der Waals surface area contributed by atoms with Gasteiger partial charge in [0.1, 0.15) is 12.7 Å². The van der Waals surface area contributed by atoms with Crippen molar-refractivity contribution in [2.75, 3.05) is 36.1 Å². The smallest absolute Gasteiger partial charge is 0.414 e. The Morgan fingerprint density at radius 1 is 1.09 bits per heavy atom. The van der Waals surface area contributed by atoms with Gasteiger partial charge in [0.05, 0.1) is 6.61 Å². The molecular formula is C16H20N2O4. The highest BCUT2D eigenvalue weighted by Gasteiger charge is 2.27. The van der Waals surface area contributed by atoms with Crippen molar-refractivity contribution in [1.29, 1.82) is 0 Å². The van der Waals surface area contributed by atoms with Gasteiger partial charge in [-0.05, 0) is 30.7 Å². The van der Waals surface area contributed by atoms with Gasteiger partial charge in [0, 0.05) is 30.9 Å². The van der Waals surface area contributed by atoms with Crippen LogP contribution in [0, 0.1) is 0 Å². The minimum absolute atomic E-state index is 0.0222. The van der Waals surface area contributed by atoms with Crippen LogP contribution in [0.1, 0.15) is 19.8 Å². The number of carbonyl (C=O) groups is 2. The third-order valence-electron chi connectivity index (χ3n) is 4.08. The number of cyclic esters (lactones) is 1. The average molecular weight is 304 g/mol. The van der Waals surface area contributed by atoms with Crippen LogP contribution < -0.4 is 9.80 Å². The zero-order chi connectivity index (χ0) is 15.5. The molecule has 1 aromatic rings. The van der Waals surface area contributed by atoms with Crippen LogP contribution >= 0.6 is 0 Å². The highest BCUT2D eigenvalue weighted by atomic mass is 16.6. The van der Waals surface area contributed by atoms with Gasteiger partial charge in [0.15, 0.2) is 0 Å². The third-order valence-corrected chi connectivity index (χ3v) is 4.08. The van der Waals surface area contributed by atoms with E-state index in [-0.39, 0.29) is 24.7 Å². The molecule has 0 spiro atoms. The molecule has 2 aliphatic heterocycles.